The van der Waals surface area contributed by atoms with Gasteiger partial charge in [-0.1, -0.05) is 29.8 Å². The highest BCUT2D eigenvalue weighted by Crippen LogP contribution is 2.31. The Kier molecular flexibility index (Phi) is 4.58. The number of aromatic nitrogens is 2. The summed E-state index contributed by atoms with van der Waals surface area (Å²) in [6.07, 6.45) is -3.96. The van der Waals surface area contributed by atoms with E-state index in [0.717, 1.165) is 12.1 Å². The van der Waals surface area contributed by atoms with Crippen LogP contribution in [0.25, 0.3) is 0 Å². The molecule has 114 valence electrons. The molecule has 0 amide bonds. The second kappa shape index (κ2) is 6.07. The summed E-state index contributed by atoms with van der Waals surface area (Å²) >= 11 is 5.97. The lowest BCUT2D eigenvalue weighted by Crippen LogP contribution is -2.11. The number of aliphatic hydroxyl groups is 1. The van der Waals surface area contributed by atoms with Crippen LogP contribution < -0.4 is 0 Å². The van der Waals surface area contributed by atoms with Crippen LogP contribution in [0.5, 0.6) is 0 Å². The van der Waals surface area contributed by atoms with Crippen molar-refractivity contribution in [1.29, 1.82) is 0 Å². The molecule has 0 aliphatic heterocycles. The predicted molar refractivity (Wildman–Crippen MR) is 73.0 cm³/mol. The molecule has 1 atom stereocenters. The molecule has 1 aromatic carbocycles. The van der Waals surface area contributed by atoms with E-state index in [0.29, 0.717) is 22.8 Å². The summed E-state index contributed by atoms with van der Waals surface area (Å²) in [7, 11) is 0. The Labute approximate surface area is 125 Å². The van der Waals surface area contributed by atoms with Crippen molar-refractivity contribution >= 4 is 11.6 Å². The van der Waals surface area contributed by atoms with Gasteiger partial charge in [0, 0.05) is 13.0 Å². The van der Waals surface area contributed by atoms with E-state index in [2.05, 4.69) is 5.10 Å². The molecule has 1 heterocycles. The average molecular weight is 319 g/mol. The van der Waals surface area contributed by atoms with Gasteiger partial charge >= 0.3 is 6.18 Å². The van der Waals surface area contributed by atoms with Crippen molar-refractivity contribution in [3.05, 3.63) is 52.3 Å². The Bertz CT molecular complexity index is 625. The number of aliphatic hydroxyl groups excluding tert-OH is 1. The number of aryl methyl sites for hydroxylation is 1. The van der Waals surface area contributed by atoms with E-state index in [-0.39, 0.29) is 6.42 Å². The van der Waals surface area contributed by atoms with Crippen LogP contribution in [0.3, 0.4) is 0 Å². The maximum absolute atomic E-state index is 12.7. The first-order chi connectivity index (χ1) is 9.82. The van der Waals surface area contributed by atoms with Crippen molar-refractivity contribution < 1.29 is 18.3 Å². The quantitative estimate of drug-likeness (QED) is 0.929. The van der Waals surface area contributed by atoms with Gasteiger partial charge in [0.1, 0.15) is 6.10 Å². The van der Waals surface area contributed by atoms with E-state index in [1.165, 1.54) is 16.9 Å². The highest BCUT2D eigenvalue weighted by atomic mass is 35.5. The van der Waals surface area contributed by atoms with E-state index < -0.39 is 17.8 Å². The van der Waals surface area contributed by atoms with Gasteiger partial charge in [-0.2, -0.15) is 18.3 Å². The lowest BCUT2D eigenvalue weighted by molar-refractivity contribution is -0.137. The van der Waals surface area contributed by atoms with Gasteiger partial charge in [0.05, 0.1) is 22.5 Å². The Morgan fingerprint density at radius 1 is 1.38 bits per heavy atom. The molecule has 0 bridgehead atoms. The minimum absolute atomic E-state index is 0.0370. The van der Waals surface area contributed by atoms with Crippen molar-refractivity contribution in [2.45, 2.75) is 32.2 Å². The fourth-order valence-corrected chi connectivity index (χ4v) is 2.42. The van der Waals surface area contributed by atoms with Gasteiger partial charge in [0.15, 0.2) is 0 Å². The molecule has 2 rings (SSSR count). The van der Waals surface area contributed by atoms with Gasteiger partial charge < -0.3 is 5.11 Å². The third-order valence-electron chi connectivity index (χ3n) is 3.13. The minimum atomic E-state index is -4.40. The second-order valence-electron chi connectivity index (χ2n) is 4.61. The zero-order valence-electron chi connectivity index (χ0n) is 11.2. The summed E-state index contributed by atoms with van der Waals surface area (Å²) in [4.78, 5) is 0. The van der Waals surface area contributed by atoms with Crippen molar-refractivity contribution in [3.8, 4) is 0 Å². The van der Waals surface area contributed by atoms with Crippen LogP contribution in [0.4, 0.5) is 13.2 Å². The zero-order valence-corrected chi connectivity index (χ0v) is 12.0. The number of rotatable bonds is 4. The number of halogens is 4. The molecule has 0 spiro atoms. The smallest absolute Gasteiger partial charge is 0.386 e. The SMILES string of the molecule is CCn1ncc(Cl)c1C(O)Cc1cccc(C(F)(F)F)c1. The topological polar surface area (TPSA) is 38.0 Å². The largest absolute Gasteiger partial charge is 0.416 e. The minimum Gasteiger partial charge on any atom is -0.386 e. The molecular weight excluding hydrogens is 305 g/mol. The Hall–Kier alpha value is -1.53. The lowest BCUT2D eigenvalue weighted by atomic mass is 10.0. The molecule has 0 fully saturated rings. The molecule has 0 saturated carbocycles. The number of nitrogens with zero attached hydrogens (tertiary/aromatic N) is 2. The van der Waals surface area contributed by atoms with Crippen molar-refractivity contribution in [1.82, 2.24) is 9.78 Å². The monoisotopic (exact) mass is 318 g/mol. The third kappa shape index (κ3) is 3.57. The van der Waals surface area contributed by atoms with Gasteiger partial charge in [0.25, 0.3) is 0 Å². The van der Waals surface area contributed by atoms with Gasteiger partial charge in [-0.15, -0.1) is 0 Å². The molecule has 2 aromatic rings. The van der Waals surface area contributed by atoms with Gasteiger partial charge in [-0.25, -0.2) is 0 Å². The average Bonchev–Trinajstić information content (AvgIpc) is 2.79. The maximum atomic E-state index is 12.7. The van der Waals surface area contributed by atoms with E-state index in [1.807, 2.05) is 6.92 Å². The fourth-order valence-electron chi connectivity index (χ4n) is 2.15. The van der Waals surface area contributed by atoms with Crippen LogP contribution in [0.2, 0.25) is 5.02 Å². The molecule has 0 radical (unpaired) electrons. The first-order valence-electron chi connectivity index (χ1n) is 6.38. The Balaban J connectivity index is 2.24. The van der Waals surface area contributed by atoms with E-state index in [1.54, 1.807) is 6.07 Å². The fraction of sp³-hybridized carbons (Fsp3) is 0.357. The molecular formula is C14H14ClF3N2O. The molecule has 3 nitrogen and oxygen atoms in total. The van der Waals surface area contributed by atoms with Gasteiger partial charge in [0.2, 0.25) is 0 Å². The van der Waals surface area contributed by atoms with Crippen LogP contribution in [0.1, 0.15) is 29.8 Å². The summed E-state index contributed by atoms with van der Waals surface area (Å²) in [5.41, 5.74) is 0.0659. The summed E-state index contributed by atoms with van der Waals surface area (Å²) in [6, 6.07) is 4.89. The number of alkyl halides is 3. The standard InChI is InChI=1S/C14H14ClF3N2O/c1-2-20-13(11(15)8-19-20)12(21)7-9-4-3-5-10(6-9)14(16,17)18/h3-6,8,12,21H,2,7H2,1H3. The molecule has 7 heteroatoms. The molecule has 1 N–H and O–H groups in total. The molecule has 1 unspecified atom stereocenters. The summed E-state index contributed by atoms with van der Waals surface area (Å²) < 4.78 is 39.5. The summed E-state index contributed by atoms with van der Waals surface area (Å²) in [5, 5.41) is 14.5. The van der Waals surface area contributed by atoms with Crippen LogP contribution in [0.15, 0.2) is 30.5 Å². The van der Waals surface area contributed by atoms with Crippen molar-refractivity contribution in [3.63, 3.8) is 0 Å². The first-order valence-corrected chi connectivity index (χ1v) is 6.76. The highest BCUT2D eigenvalue weighted by Gasteiger charge is 2.30. The summed E-state index contributed by atoms with van der Waals surface area (Å²) in [5.74, 6) is 0. The zero-order chi connectivity index (χ0) is 15.6. The second-order valence-corrected chi connectivity index (χ2v) is 5.02. The maximum Gasteiger partial charge on any atom is 0.416 e. The van der Waals surface area contributed by atoms with E-state index >= 15 is 0 Å². The van der Waals surface area contributed by atoms with E-state index in [9.17, 15) is 18.3 Å². The number of hydrogen-bond acceptors (Lipinski definition) is 2. The molecule has 0 saturated heterocycles. The molecule has 21 heavy (non-hydrogen) atoms. The normalized spacial score (nSPS) is 13.4. The molecule has 1 aromatic heterocycles. The van der Waals surface area contributed by atoms with Gasteiger partial charge in [-0.3, -0.25) is 4.68 Å². The Morgan fingerprint density at radius 3 is 2.71 bits per heavy atom. The van der Waals surface area contributed by atoms with Gasteiger partial charge in [-0.05, 0) is 18.6 Å². The van der Waals surface area contributed by atoms with Crippen molar-refractivity contribution in [2.24, 2.45) is 0 Å². The number of benzene rings is 1. The first kappa shape index (κ1) is 15.9. The third-order valence-corrected chi connectivity index (χ3v) is 3.42. The summed E-state index contributed by atoms with van der Waals surface area (Å²) in [6.45, 7) is 2.35. The highest BCUT2D eigenvalue weighted by molar-refractivity contribution is 6.31. The molecule has 0 aliphatic rings. The van der Waals surface area contributed by atoms with E-state index in [4.69, 9.17) is 11.6 Å². The van der Waals surface area contributed by atoms with Crippen molar-refractivity contribution in [2.75, 3.05) is 0 Å². The lowest BCUT2D eigenvalue weighted by Gasteiger charge is -2.14. The van der Waals surface area contributed by atoms with Crippen LogP contribution in [-0.4, -0.2) is 14.9 Å². The van der Waals surface area contributed by atoms with Crippen LogP contribution in [-0.2, 0) is 19.1 Å². The van der Waals surface area contributed by atoms with Crippen LogP contribution >= 0.6 is 11.6 Å². The van der Waals surface area contributed by atoms with Crippen LogP contribution in [0, 0.1) is 0 Å². The predicted octanol–water partition coefficient (Wildman–Crippen LogP) is 3.85. The molecule has 0 aliphatic carbocycles. The number of hydrogen-bond donors (Lipinski definition) is 1. The Morgan fingerprint density at radius 2 is 2.10 bits per heavy atom.